The van der Waals surface area contributed by atoms with Crippen LogP contribution in [0.5, 0.6) is 11.5 Å². The number of halogens is 1. The van der Waals surface area contributed by atoms with E-state index in [0.717, 1.165) is 0 Å². The summed E-state index contributed by atoms with van der Waals surface area (Å²) in [5.74, 6) is -0.777. The Kier molecular flexibility index (Phi) is 8.50. The first kappa shape index (κ1) is 23.2. The molecule has 1 fully saturated rings. The minimum atomic E-state index is -1.15. The van der Waals surface area contributed by atoms with E-state index in [1.54, 1.807) is 31.4 Å². The number of benzene rings is 1. The molecule has 0 N–H and O–H groups in total. The van der Waals surface area contributed by atoms with Crippen LogP contribution in [-0.2, 0) is 33.3 Å². The minimum absolute atomic E-state index is 0.405. The molecule has 0 spiro atoms. The second-order valence-electron chi connectivity index (χ2n) is 6.21. The zero-order chi connectivity index (χ0) is 21.6. The van der Waals surface area contributed by atoms with Crippen molar-refractivity contribution in [3.63, 3.8) is 0 Å². The van der Waals surface area contributed by atoms with Crippen molar-refractivity contribution < 1.29 is 42.8 Å². The highest BCUT2D eigenvalue weighted by atomic mass is 127. The zero-order valence-corrected chi connectivity index (χ0v) is 18.6. The molecule has 0 unspecified atom stereocenters. The molecule has 0 bridgehead atoms. The molecule has 0 aromatic heterocycles. The van der Waals surface area contributed by atoms with Gasteiger partial charge >= 0.3 is 17.9 Å². The molecule has 160 valence electrons. The Bertz CT molecular complexity index is 721. The fourth-order valence-corrected chi connectivity index (χ4v) is 3.57. The Morgan fingerprint density at radius 1 is 0.862 bits per heavy atom. The van der Waals surface area contributed by atoms with Crippen LogP contribution in [-0.4, -0.2) is 60.2 Å². The van der Waals surface area contributed by atoms with Gasteiger partial charge in [0.1, 0.15) is 17.6 Å². The smallest absolute Gasteiger partial charge is 0.303 e. The van der Waals surface area contributed by atoms with Crippen LogP contribution in [0.1, 0.15) is 20.8 Å². The summed E-state index contributed by atoms with van der Waals surface area (Å²) in [7, 11) is 1.54. The molecule has 1 heterocycles. The lowest BCUT2D eigenvalue weighted by Crippen LogP contribution is -2.63. The van der Waals surface area contributed by atoms with Crippen molar-refractivity contribution in [3.8, 4) is 11.5 Å². The summed E-state index contributed by atoms with van der Waals surface area (Å²) in [4.78, 5) is 35.0. The maximum atomic E-state index is 11.7. The summed E-state index contributed by atoms with van der Waals surface area (Å²) in [6, 6.07) is 6.70. The van der Waals surface area contributed by atoms with Crippen molar-refractivity contribution in [2.24, 2.45) is 0 Å². The SMILES string of the molecule is COc1ccc(O[C@@H]2O[C@@H](CI)[C@H](OC(C)=O)[C@H](OC(C)=O)[C@H]2OC(C)=O)cc1. The predicted molar refractivity (Wildman–Crippen MR) is 108 cm³/mol. The van der Waals surface area contributed by atoms with Crippen LogP contribution in [0.25, 0.3) is 0 Å². The van der Waals surface area contributed by atoms with E-state index in [1.807, 2.05) is 0 Å². The van der Waals surface area contributed by atoms with Crippen molar-refractivity contribution >= 4 is 40.5 Å². The standard InChI is InChI=1S/C19H23IO9/c1-10(21)25-16-15(9-20)29-19(28-14-7-5-13(24-4)6-8-14)18(27-12(3)23)17(16)26-11(2)22/h5-8,15-19H,9H2,1-4H3/t15-,16-,17-,18+,19+/m0/s1. The van der Waals surface area contributed by atoms with Gasteiger partial charge in [-0.25, -0.2) is 0 Å². The van der Waals surface area contributed by atoms with Gasteiger partial charge < -0.3 is 28.4 Å². The van der Waals surface area contributed by atoms with Crippen LogP contribution < -0.4 is 9.47 Å². The molecule has 1 aliphatic heterocycles. The van der Waals surface area contributed by atoms with Crippen molar-refractivity contribution in [1.82, 2.24) is 0 Å². The molecule has 1 aromatic carbocycles. The maximum absolute atomic E-state index is 11.7. The van der Waals surface area contributed by atoms with E-state index in [4.69, 9.17) is 28.4 Å². The molecule has 9 nitrogen and oxygen atoms in total. The largest absolute Gasteiger partial charge is 0.497 e. The van der Waals surface area contributed by atoms with E-state index < -0.39 is 48.6 Å². The first-order chi connectivity index (χ1) is 13.7. The summed E-state index contributed by atoms with van der Waals surface area (Å²) < 4.78 is 33.4. The van der Waals surface area contributed by atoms with Crippen LogP contribution in [0, 0.1) is 0 Å². The van der Waals surface area contributed by atoms with Gasteiger partial charge in [0.2, 0.25) is 12.4 Å². The highest BCUT2D eigenvalue weighted by molar-refractivity contribution is 14.1. The third-order valence-corrected chi connectivity index (χ3v) is 4.83. The summed E-state index contributed by atoms with van der Waals surface area (Å²) in [6.45, 7) is 3.65. The van der Waals surface area contributed by atoms with E-state index in [9.17, 15) is 14.4 Å². The lowest BCUT2D eigenvalue weighted by Gasteiger charge is -2.43. The third-order valence-electron chi connectivity index (χ3n) is 3.96. The van der Waals surface area contributed by atoms with Crippen LogP contribution in [0.15, 0.2) is 24.3 Å². The quantitative estimate of drug-likeness (QED) is 0.230. The summed E-state index contributed by atoms with van der Waals surface area (Å²) in [5, 5.41) is 0. The topological polar surface area (TPSA) is 107 Å². The number of rotatable bonds is 7. The van der Waals surface area contributed by atoms with Gasteiger partial charge in [0.25, 0.3) is 0 Å². The first-order valence-electron chi connectivity index (χ1n) is 8.79. The maximum Gasteiger partial charge on any atom is 0.303 e. The number of esters is 3. The van der Waals surface area contributed by atoms with Crippen LogP contribution in [0.3, 0.4) is 0 Å². The number of carbonyl (C=O) groups is 3. The zero-order valence-electron chi connectivity index (χ0n) is 16.5. The predicted octanol–water partition coefficient (Wildman–Crippen LogP) is 2.03. The van der Waals surface area contributed by atoms with Gasteiger partial charge in [0, 0.05) is 25.2 Å². The van der Waals surface area contributed by atoms with Crippen LogP contribution in [0.2, 0.25) is 0 Å². The van der Waals surface area contributed by atoms with E-state index >= 15 is 0 Å². The molecule has 10 heteroatoms. The number of hydrogen-bond acceptors (Lipinski definition) is 9. The molecule has 29 heavy (non-hydrogen) atoms. The van der Waals surface area contributed by atoms with Crippen molar-refractivity contribution in [3.05, 3.63) is 24.3 Å². The average molecular weight is 522 g/mol. The number of ether oxygens (including phenoxy) is 6. The lowest BCUT2D eigenvalue weighted by atomic mass is 9.99. The molecule has 1 saturated heterocycles. The molecule has 5 atom stereocenters. The third kappa shape index (κ3) is 6.46. The Hall–Kier alpha value is -2.08. The Balaban J connectivity index is 2.37. The molecule has 2 rings (SSSR count). The molecular weight excluding hydrogens is 499 g/mol. The minimum Gasteiger partial charge on any atom is -0.497 e. The van der Waals surface area contributed by atoms with Gasteiger partial charge in [-0.3, -0.25) is 14.4 Å². The van der Waals surface area contributed by atoms with Gasteiger partial charge in [-0.1, -0.05) is 22.6 Å². The fraction of sp³-hybridized carbons (Fsp3) is 0.526. The monoisotopic (exact) mass is 522 g/mol. The van der Waals surface area contributed by atoms with Crippen LogP contribution >= 0.6 is 22.6 Å². The number of methoxy groups -OCH3 is 1. The second kappa shape index (κ2) is 10.6. The van der Waals surface area contributed by atoms with E-state index in [0.29, 0.717) is 15.9 Å². The fourth-order valence-electron chi connectivity index (χ4n) is 2.86. The van der Waals surface area contributed by atoms with Crippen molar-refractivity contribution in [2.75, 3.05) is 11.5 Å². The normalized spacial score (nSPS) is 26.2. The van der Waals surface area contributed by atoms with E-state index in [2.05, 4.69) is 22.6 Å². The van der Waals surface area contributed by atoms with Crippen LogP contribution in [0.4, 0.5) is 0 Å². The summed E-state index contributed by atoms with van der Waals surface area (Å²) >= 11 is 2.06. The van der Waals surface area contributed by atoms with Gasteiger partial charge in [0.05, 0.1) is 7.11 Å². The van der Waals surface area contributed by atoms with E-state index in [-0.39, 0.29) is 0 Å². The van der Waals surface area contributed by atoms with Gasteiger partial charge in [-0.15, -0.1) is 0 Å². The number of carbonyl (C=O) groups excluding carboxylic acids is 3. The first-order valence-corrected chi connectivity index (χ1v) is 10.3. The van der Waals surface area contributed by atoms with Gasteiger partial charge in [0.15, 0.2) is 12.2 Å². The summed E-state index contributed by atoms with van der Waals surface area (Å²) in [5.41, 5.74) is 0. The van der Waals surface area contributed by atoms with Gasteiger partial charge in [-0.05, 0) is 24.3 Å². The highest BCUT2D eigenvalue weighted by Gasteiger charge is 2.52. The molecular formula is C19H23IO9. The molecule has 0 amide bonds. The Labute approximate surface area is 182 Å². The Morgan fingerprint density at radius 3 is 1.83 bits per heavy atom. The number of alkyl halides is 1. The molecule has 0 aliphatic carbocycles. The second-order valence-corrected chi connectivity index (χ2v) is 7.09. The van der Waals surface area contributed by atoms with Gasteiger partial charge in [-0.2, -0.15) is 0 Å². The lowest BCUT2D eigenvalue weighted by molar-refractivity contribution is -0.279. The molecule has 0 radical (unpaired) electrons. The highest BCUT2D eigenvalue weighted by Crippen LogP contribution is 2.31. The average Bonchev–Trinajstić information content (AvgIpc) is 2.65. The van der Waals surface area contributed by atoms with Crippen molar-refractivity contribution in [2.45, 2.75) is 51.5 Å². The molecule has 0 saturated carbocycles. The molecule has 1 aromatic rings. The number of hydrogen-bond donors (Lipinski definition) is 0. The van der Waals surface area contributed by atoms with Crippen molar-refractivity contribution in [1.29, 1.82) is 0 Å². The summed E-state index contributed by atoms with van der Waals surface area (Å²) in [6.07, 6.45) is -4.96. The Morgan fingerprint density at radius 2 is 1.34 bits per heavy atom. The molecule has 1 aliphatic rings. The van der Waals surface area contributed by atoms with E-state index in [1.165, 1.54) is 20.8 Å².